The van der Waals surface area contributed by atoms with Crippen LogP contribution in [-0.2, 0) is 0 Å². The lowest BCUT2D eigenvalue weighted by Crippen LogP contribution is -1.94. The van der Waals surface area contributed by atoms with Gasteiger partial charge in [0, 0.05) is 11.4 Å². The van der Waals surface area contributed by atoms with Gasteiger partial charge in [-0.05, 0) is 24.6 Å². The highest BCUT2D eigenvalue weighted by molar-refractivity contribution is 5.73. The predicted octanol–water partition coefficient (Wildman–Crippen LogP) is 2.73. The molecule has 2 N–H and O–H groups in total. The van der Waals surface area contributed by atoms with Crippen molar-refractivity contribution in [3.8, 4) is 0 Å². The number of hydrogen-bond donors (Lipinski definition) is 1. The lowest BCUT2D eigenvalue weighted by molar-refractivity contribution is 1.18. The number of allylic oxidation sites excluding steroid dienone is 4. The Morgan fingerprint density at radius 1 is 1.43 bits per heavy atom. The second kappa shape index (κ2) is 4.42. The van der Waals surface area contributed by atoms with Crippen LogP contribution < -0.4 is 5.73 Å². The van der Waals surface area contributed by atoms with E-state index in [1.54, 1.807) is 12.2 Å². The maximum atomic E-state index is 5.72. The quantitative estimate of drug-likeness (QED) is 0.737. The van der Waals surface area contributed by atoms with Gasteiger partial charge in [0.2, 0.25) is 0 Å². The van der Waals surface area contributed by atoms with E-state index in [1.807, 2.05) is 25.1 Å². The summed E-state index contributed by atoms with van der Waals surface area (Å²) in [5, 5.41) is 0. The van der Waals surface area contributed by atoms with E-state index in [-0.39, 0.29) is 0 Å². The van der Waals surface area contributed by atoms with E-state index >= 15 is 0 Å². The number of anilines is 1. The number of rotatable bonds is 3. The van der Waals surface area contributed by atoms with E-state index in [0.29, 0.717) is 5.69 Å². The number of aryl methyl sites for hydroxylation is 1. The van der Waals surface area contributed by atoms with Crippen molar-refractivity contribution in [2.24, 2.45) is 0 Å². The molecular weight excluding hydrogens is 172 g/mol. The van der Waals surface area contributed by atoms with Crippen molar-refractivity contribution < 1.29 is 0 Å². The Morgan fingerprint density at radius 2 is 2.14 bits per heavy atom. The van der Waals surface area contributed by atoms with Gasteiger partial charge in [-0.3, -0.25) is 4.98 Å². The van der Waals surface area contributed by atoms with Crippen LogP contribution in [0, 0.1) is 6.92 Å². The number of nitrogens with two attached hydrogens (primary N) is 1. The molecule has 0 aromatic carbocycles. The van der Waals surface area contributed by atoms with E-state index in [2.05, 4.69) is 18.1 Å². The standard InChI is InChI=1S/C12H14N2/c1-4-6-10(5-2)12-8-11(13)7-9(3)14-12/h4-8H,1-2H2,3H3,(H2,13,14)/b10-6+. The Kier molecular flexibility index (Phi) is 3.24. The summed E-state index contributed by atoms with van der Waals surface area (Å²) in [6, 6.07) is 3.65. The molecule has 0 aliphatic carbocycles. The first-order chi connectivity index (χ1) is 6.67. The third kappa shape index (κ3) is 2.33. The van der Waals surface area contributed by atoms with Gasteiger partial charge in [-0.25, -0.2) is 0 Å². The molecule has 0 aliphatic heterocycles. The first-order valence-corrected chi connectivity index (χ1v) is 4.37. The molecular formula is C12H14N2. The van der Waals surface area contributed by atoms with Gasteiger partial charge in [0.05, 0.1) is 5.69 Å². The van der Waals surface area contributed by atoms with Crippen LogP contribution >= 0.6 is 0 Å². The average Bonchev–Trinajstić information content (AvgIpc) is 2.12. The molecule has 0 saturated carbocycles. The smallest absolute Gasteiger partial charge is 0.0725 e. The molecule has 1 heterocycles. The second-order valence-corrected chi connectivity index (χ2v) is 2.99. The van der Waals surface area contributed by atoms with E-state index in [4.69, 9.17) is 5.73 Å². The lowest BCUT2D eigenvalue weighted by atomic mass is 10.1. The molecule has 0 aliphatic rings. The molecule has 14 heavy (non-hydrogen) atoms. The highest BCUT2D eigenvalue weighted by atomic mass is 14.7. The zero-order valence-corrected chi connectivity index (χ0v) is 8.33. The summed E-state index contributed by atoms with van der Waals surface area (Å²) in [5.74, 6) is 0. The molecule has 1 rings (SSSR count). The molecule has 72 valence electrons. The van der Waals surface area contributed by atoms with Crippen LogP contribution in [0.5, 0.6) is 0 Å². The Bertz CT molecular complexity index is 369. The largest absolute Gasteiger partial charge is 0.399 e. The van der Waals surface area contributed by atoms with Gasteiger partial charge in [0.1, 0.15) is 0 Å². The van der Waals surface area contributed by atoms with Crippen LogP contribution in [0.2, 0.25) is 0 Å². The topological polar surface area (TPSA) is 38.9 Å². The molecule has 2 nitrogen and oxygen atoms in total. The van der Waals surface area contributed by atoms with Crippen molar-refractivity contribution in [1.29, 1.82) is 0 Å². The first-order valence-electron chi connectivity index (χ1n) is 4.37. The van der Waals surface area contributed by atoms with Crippen LogP contribution in [0.1, 0.15) is 11.4 Å². The molecule has 0 bridgehead atoms. The monoisotopic (exact) mass is 186 g/mol. The third-order valence-corrected chi connectivity index (χ3v) is 1.79. The normalized spacial score (nSPS) is 11.1. The molecule has 0 unspecified atom stereocenters. The molecule has 1 aromatic heterocycles. The molecule has 0 amide bonds. The zero-order valence-electron chi connectivity index (χ0n) is 8.33. The molecule has 0 fully saturated rings. The predicted molar refractivity (Wildman–Crippen MR) is 61.8 cm³/mol. The van der Waals surface area contributed by atoms with Crippen molar-refractivity contribution in [2.75, 3.05) is 5.73 Å². The van der Waals surface area contributed by atoms with Gasteiger partial charge in [-0.15, -0.1) is 0 Å². The van der Waals surface area contributed by atoms with E-state index in [9.17, 15) is 0 Å². The maximum absolute atomic E-state index is 5.72. The summed E-state index contributed by atoms with van der Waals surface area (Å²) < 4.78 is 0. The fraction of sp³-hybridized carbons (Fsp3) is 0.0833. The van der Waals surface area contributed by atoms with Crippen molar-refractivity contribution in [1.82, 2.24) is 4.98 Å². The van der Waals surface area contributed by atoms with Gasteiger partial charge in [-0.1, -0.05) is 31.4 Å². The Balaban J connectivity index is 3.23. The van der Waals surface area contributed by atoms with Crippen LogP contribution in [-0.4, -0.2) is 4.98 Å². The number of aromatic nitrogens is 1. The van der Waals surface area contributed by atoms with Crippen molar-refractivity contribution >= 4 is 11.3 Å². The highest BCUT2D eigenvalue weighted by Gasteiger charge is 2.00. The van der Waals surface area contributed by atoms with Gasteiger partial charge in [-0.2, -0.15) is 0 Å². The summed E-state index contributed by atoms with van der Waals surface area (Å²) in [4.78, 5) is 4.36. The third-order valence-electron chi connectivity index (χ3n) is 1.79. The van der Waals surface area contributed by atoms with Crippen LogP contribution in [0.3, 0.4) is 0 Å². The molecule has 0 radical (unpaired) electrons. The summed E-state index contributed by atoms with van der Waals surface area (Å²) in [7, 11) is 0. The fourth-order valence-electron chi connectivity index (χ4n) is 1.23. The molecule has 0 atom stereocenters. The van der Waals surface area contributed by atoms with Gasteiger partial charge in [0.15, 0.2) is 0 Å². The van der Waals surface area contributed by atoms with Gasteiger partial charge in [0.25, 0.3) is 0 Å². The number of nitrogens with zero attached hydrogens (tertiary/aromatic N) is 1. The van der Waals surface area contributed by atoms with E-state index in [0.717, 1.165) is 17.0 Å². The molecule has 0 spiro atoms. The number of nitrogen functional groups attached to an aromatic ring is 1. The Labute approximate surface area is 84.5 Å². The number of pyridine rings is 1. The first kappa shape index (κ1) is 10.3. The zero-order chi connectivity index (χ0) is 10.6. The minimum Gasteiger partial charge on any atom is -0.399 e. The average molecular weight is 186 g/mol. The summed E-state index contributed by atoms with van der Waals surface area (Å²) in [5.41, 5.74) is 9.09. The highest BCUT2D eigenvalue weighted by Crippen LogP contribution is 2.16. The minimum absolute atomic E-state index is 0.712. The Hall–Kier alpha value is -1.83. The Morgan fingerprint density at radius 3 is 2.64 bits per heavy atom. The fourth-order valence-corrected chi connectivity index (χ4v) is 1.23. The van der Waals surface area contributed by atoms with Crippen LogP contribution in [0.25, 0.3) is 5.57 Å². The van der Waals surface area contributed by atoms with Crippen molar-refractivity contribution in [2.45, 2.75) is 6.92 Å². The van der Waals surface area contributed by atoms with E-state index < -0.39 is 0 Å². The minimum atomic E-state index is 0.712. The SMILES string of the molecule is C=C/C=C(\C=C)c1cc(N)cc(C)n1. The second-order valence-electron chi connectivity index (χ2n) is 2.99. The molecule has 2 heteroatoms. The summed E-state index contributed by atoms with van der Waals surface area (Å²) >= 11 is 0. The maximum Gasteiger partial charge on any atom is 0.0725 e. The van der Waals surface area contributed by atoms with Gasteiger partial charge >= 0.3 is 0 Å². The molecule has 1 aromatic rings. The van der Waals surface area contributed by atoms with Crippen LogP contribution in [0.15, 0.2) is 43.5 Å². The molecule has 0 saturated heterocycles. The summed E-state index contributed by atoms with van der Waals surface area (Å²) in [6.07, 6.45) is 5.30. The lowest BCUT2D eigenvalue weighted by Gasteiger charge is -2.03. The van der Waals surface area contributed by atoms with Crippen molar-refractivity contribution in [3.05, 3.63) is 54.9 Å². The van der Waals surface area contributed by atoms with Crippen molar-refractivity contribution in [3.63, 3.8) is 0 Å². The number of hydrogen-bond acceptors (Lipinski definition) is 2. The summed E-state index contributed by atoms with van der Waals surface area (Å²) in [6.45, 7) is 9.27. The van der Waals surface area contributed by atoms with Gasteiger partial charge < -0.3 is 5.73 Å². The van der Waals surface area contributed by atoms with E-state index in [1.165, 1.54) is 0 Å². The van der Waals surface area contributed by atoms with Crippen LogP contribution in [0.4, 0.5) is 5.69 Å².